The quantitative estimate of drug-likeness (QED) is 0.757. The lowest BCUT2D eigenvalue weighted by Gasteiger charge is -1.94. The summed E-state index contributed by atoms with van der Waals surface area (Å²) < 4.78 is 0. The second-order valence-corrected chi connectivity index (χ2v) is 4.27. The Hall–Kier alpha value is -1.95. The smallest absolute Gasteiger partial charge is 0.245 e. The Morgan fingerprint density at radius 1 is 1.53 bits per heavy atom. The van der Waals surface area contributed by atoms with E-state index in [4.69, 9.17) is 0 Å². The van der Waals surface area contributed by atoms with Gasteiger partial charge in [-0.2, -0.15) is 0 Å². The standard InChI is InChI=1S/C11H9N3O2S/c1-7(15)13-11-14-9(10(16)17-11)5-8-3-2-4-12-6-8/h2-6H,1H3,(H,13,14,15)/b9-5+. The van der Waals surface area contributed by atoms with Crippen molar-refractivity contribution in [3.05, 3.63) is 35.8 Å². The predicted octanol–water partition coefficient (Wildman–Crippen LogP) is 1.19. The number of carbonyl (C=O) groups is 2. The lowest BCUT2D eigenvalue weighted by molar-refractivity contribution is -0.117. The summed E-state index contributed by atoms with van der Waals surface area (Å²) in [4.78, 5) is 30.4. The van der Waals surface area contributed by atoms with Gasteiger partial charge in [0.2, 0.25) is 11.0 Å². The molecular weight excluding hydrogens is 238 g/mol. The number of rotatable bonds is 1. The third-order valence-electron chi connectivity index (χ3n) is 1.89. The Morgan fingerprint density at radius 3 is 3.00 bits per heavy atom. The van der Waals surface area contributed by atoms with Gasteiger partial charge < -0.3 is 5.32 Å². The fraction of sp³-hybridized carbons (Fsp3) is 0.0909. The average molecular weight is 247 g/mol. The van der Waals surface area contributed by atoms with Gasteiger partial charge in [0, 0.05) is 19.3 Å². The summed E-state index contributed by atoms with van der Waals surface area (Å²) in [7, 11) is 0. The molecule has 86 valence electrons. The molecule has 5 nitrogen and oxygen atoms in total. The highest BCUT2D eigenvalue weighted by Crippen LogP contribution is 2.23. The zero-order valence-electron chi connectivity index (χ0n) is 9.01. The van der Waals surface area contributed by atoms with Gasteiger partial charge in [-0.15, -0.1) is 0 Å². The minimum Gasteiger partial charge on any atom is -0.305 e. The van der Waals surface area contributed by atoms with Crippen molar-refractivity contribution in [3.8, 4) is 0 Å². The number of thioether (sulfide) groups is 1. The molecule has 0 bridgehead atoms. The summed E-state index contributed by atoms with van der Waals surface area (Å²) >= 11 is 0.912. The molecule has 1 amide bonds. The first-order valence-electron chi connectivity index (χ1n) is 4.85. The van der Waals surface area contributed by atoms with Crippen LogP contribution in [-0.2, 0) is 9.59 Å². The van der Waals surface area contributed by atoms with Gasteiger partial charge >= 0.3 is 0 Å². The summed E-state index contributed by atoms with van der Waals surface area (Å²) in [5, 5.41) is 2.62. The molecule has 6 heteroatoms. The topological polar surface area (TPSA) is 71.4 Å². The summed E-state index contributed by atoms with van der Waals surface area (Å²) in [6, 6.07) is 3.60. The van der Waals surface area contributed by atoms with Crippen LogP contribution in [0.5, 0.6) is 0 Å². The van der Waals surface area contributed by atoms with Crippen LogP contribution in [0.15, 0.2) is 35.2 Å². The maximum absolute atomic E-state index is 11.6. The van der Waals surface area contributed by atoms with Crippen molar-refractivity contribution in [3.63, 3.8) is 0 Å². The number of aliphatic imine (C=N–C) groups is 1. The van der Waals surface area contributed by atoms with Crippen molar-refractivity contribution in [1.82, 2.24) is 10.3 Å². The number of hydrogen-bond acceptors (Lipinski definition) is 5. The second-order valence-electron chi connectivity index (χ2n) is 3.30. The average Bonchev–Trinajstić information content (AvgIpc) is 2.59. The van der Waals surface area contributed by atoms with Crippen molar-refractivity contribution >= 4 is 34.0 Å². The molecule has 1 aliphatic heterocycles. The Balaban J connectivity index is 2.22. The fourth-order valence-corrected chi connectivity index (χ4v) is 1.96. The molecule has 0 aromatic carbocycles. The van der Waals surface area contributed by atoms with Crippen molar-refractivity contribution < 1.29 is 9.59 Å². The van der Waals surface area contributed by atoms with Gasteiger partial charge in [-0.1, -0.05) is 6.07 Å². The number of aromatic nitrogens is 1. The van der Waals surface area contributed by atoms with Crippen molar-refractivity contribution in [2.24, 2.45) is 4.99 Å². The van der Waals surface area contributed by atoms with Gasteiger partial charge in [-0.05, 0) is 29.5 Å². The molecule has 0 saturated carbocycles. The van der Waals surface area contributed by atoms with Crippen LogP contribution in [0, 0.1) is 0 Å². The number of nitrogens with one attached hydrogen (secondary N) is 1. The zero-order chi connectivity index (χ0) is 12.3. The van der Waals surface area contributed by atoms with Crippen LogP contribution in [0.25, 0.3) is 6.08 Å². The van der Waals surface area contributed by atoms with Gasteiger partial charge in [0.1, 0.15) is 5.70 Å². The van der Waals surface area contributed by atoms with Gasteiger partial charge in [0.25, 0.3) is 0 Å². The van der Waals surface area contributed by atoms with E-state index in [0.717, 1.165) is 17.3 Å². The Labute approximate surface area is 102 Å². The molecule has 2 heterocycles. The molecule has 0 spiro atoms. The van der Waals surface area contributed by atoms with E-state index in [9.17, 15) is 9.59 Å². The third kappa shape index (κ3) is 3.01. The normalized spacial score (nSPS) is 17.1. The van der Waals surface area contributed by atoms with Crippen LogP contribution < -0.4 is 5.32 Å². The van der Waals surface area contributed by atoms with Crippen LogP contribution >= 0.6 is 11.8 Å². The number of carbonyl (C=O) groups excluding carboxylic acids is 2. The lowest BCUT2D eigenvalue weighted by Crippen LogP contribution is -2.24. The lowest BCUT2D eigenvalue weighted by atomic mass is 10.2. The molecule has 0 aliphatic carbocycles. The van der Waals surface area contributed by atoms with Crippen LogP contribution in [0.3, 0.4) is 0 Å². The van der Waals surface area contributed by atoms with Crippen molar-refractivity contribution in [2.45, 2.75) is 6.92 Å². The van der Waals surface area contributed by atoms with E-state index >= 15 is 0 Å². The van der Waals surface area contributed by atoms with Gasteiger partial charge in [0.15, 0.2) is 5.17 Å². The largest absolute Gasteiger partial charge is 0.305 e. The molecule has 17 heavy (non-hydrogen) atoms. The minimum absolute atomic E-state index is 0.183. The molecule has 0 unspecified atom stereocenters. The van der Waals surface area contributed by atoms with Crippen molar-refractivity contribution in [2.75, 3.05) is 0 Å². The maximum Gasteiger partial charge on any atom is 0.245 e. The first-order chi connectivity index (χ1) is 8.15. The zero-order valence-corrected chi connectivity index (χ0v) is 9.82. The molecule has 2 rings (SSSR count). The summed E-state index contributed by atoms with van der Waals surface area (Å²) in [5.41, 5.74) is 1.11. The molecule has 1 aliphatic rings. The Morgan fingerprint density at radius 2 is 2.35 bits per heavy atom. The van der Waals surface area contributed by atoms with Crippen molar-refractivity contribution in [1.29, 1.82) is 0 Å². The van der Waals surface area contributed by atoms with E-state index in [1.54, 1.807) is 24.5 Å². The summed E-state index contributed by atoms with van der Waals surface area (Å²) in [5.74, 6) is -0.244. The highest BCUT2D eigenvalue weighted by atomic mass is 32.2. The van der Waals surface area contributed by atoms with Gasteiger partial charge in [0.05, 0.1) is 0 Å². The number of nitrogens with zero attached hydrogens (tertiary/aromatic N) is 2. The highest BCUT2D eigenvalue weighted by molar-refractivity contribution is 8.27. The summed E-state index contributed by atoms with van der Waals surface area (Å²) in [6.07, 6.45) is 4.92. The van der Waals surface area contributed by atoms with Gasteiger partial charge in [-0.3, -0.25) is 14.6 Å². The first-order valence-corrected chi connectivity index (χ1v) is 5.67. The fourth-order valence-electron chi connectivity index (χ4n) is 1.23. The molecule has 1 aromatic rings. The Kier molecular flexibility index (Phi) is 3.34. The Bertz CT molecular complexity index is 523. The monoisotopic (exact) mass is 247 g/mol. The molecule has 0 saturated heterocycles. The van der Waals surface area contributed by atoms with E-state index in [1.165, 1.54) is 6.92 Å². The molecular formula is C11H9N3O2S. The number of amidine groups is 1. The van der Waals surface area contributed by atoms with E-state index < -0.39 is 0 Å². The minimum atomic E-state index is -0.244. The second kappa shape index (κ2) is 4.92. The van der Waals surface area contributed by atoms with Crippen LogP contribution in [0.1, 0.15) is 12.5 Å². The van der Waals surface area contributed by atoms with Crippen LogP contribution in [0.2, 0.25) is 0 Å². The van der Waals surface area contributed by atoms with E-state index in [-0.39, 0.29) is 11.0 Å². The van der Waals surface area contributed by atoms with Gasteiger partial charge in [-0.25, -0.2) is 4.99 Å². The van der Waals surface area contributed by atoms with E-state index in [0.29, 0.717) is 10.9 Å². The highest BCUT2D eigenvalue weighted by Gasteiger charge is 2.22. The van der Waals surface area contributed by atoms with E-state index in [1.807, 2.05) is 6.07 Å². The third-order valence-corrected chi connectivity index (χ3v) is 2.67. The van der Waals surface area contributed by atoms with Crippen LogP contribution in [0.4, 0.5) is 0 Å². The first kappa shape index (κ1) is 11.5. The molecule has 1 aromatic heterocycles. The number of amides is 1. The van der Waals surface area contributed by atoms with E-state index in [2.05, 4.69) is 15.3 Å². The number of pyridine rings is 1. The molecule has 0 atom stereocenters. The SMILES string of the molecule is CC(=O)NC1=N/C(=C/c2cccnc2)C(=O)S1. The maximum atomic E-state index is 11.6. The number of hydrogen-bond donors (Lipinski definition) is 1. The predicted molar refractivity (Wildman–Crippen MR) is 66.1 cm³/mol. The summed E-state index contributed by atoms with van der Waals surface area (Å²) in [6.45, 7) is 1.37. The molecule has 0 fully saturated rings. The molecule has 1 N–H and O–H groups in total. The molecule has 0 radical (unpaired) electrons. The van der Waals surface area contributed by atoms with Crippen LogP contribution in [-0.4, -0.2) is 21.2 Å².